The number of rotatable bonds is 5. The van der Waals surface area contributed by atoms with E-state index >= 15 is 0 Å². The predicted octanol–water partition coefficient (Wildman–Crippen LogP) is 4.40. The molecule has 1 amide bonds. The molecule has 1 unspecified atom stereocenters. The summed E-state index contributed by atoms with van der Waals surface area (Å²) in [5.74, 6) is 0.0629. The molecule has 2 heterocycles. The summed E-state index contributed by atoms with van der Waals surface area (Å²) in [4.78, 5) is 12.4. The molecule has 0 aliphatic rings. The number of carbonyl (C=O) groups excluding carboxylic acids is 1. The minimum atomic E-state index is -0.496. The zero-order chi connectivity index (χ0) is 18.0. The van der Waals surface area contributed by atoms with Crippen LogP contribution >= 0.6 is 39.1 Å². The zero-order valence-corrected chi connectivity index (χ0v) is 16.3. The summed E-state index contributed by atoms with van der Waals surface area (Å²) >= 11 is 15.4. The first-order chi connectivity index (χ1) is 11.9. The molecule has 6 nitrogen and oxygen atoms in total. The average Bonchev–Trinajstić information content (AvgIpc) is 3.15. The van der Waals surface area contributed by atoms with Crippen LogP contribution in [0.3, 0.4) is 0 Å². The average molecular weight is 443 g/mol. The van der Waals surface area contributed by atoms with Crippen LogP contribution in [-0.2, 0) is 11.3 Å². The second-order valence-electron chi connectivity index (χ2n) is 5.45. The molecule has 2 aromatic heterocycles. The van der Waals surface area contributed by atoms with Crippen molar-refractivity contribution >= 4 is 50.9 Å². The topological polar surface area (TPSA) is 64.7 Å². The molecule has 3 rings (SSSR count). The van der Waals surface area contributed by atoms with E-state index in [0.717, 1.165) is 10.0 Å². The van der Waals surface area contributed by atoms with E-state index in [4.69, 9.17) is 23.2 Å². The summed E-state index contributed by atoms with van der Waals surface area (Å²) in [7, 11) is 0. The maximum Gasteiger partial charge on any atom is 0.250 e. The fourth-order valence-electron chi connectivity index (χ4n) is 2.21. The third-order valence-corrected chi connectivity index (χ3v) is 4.50. The highest BCUT2D eigenvalue weighted by Gasteiger charge is 2.18. The number of aromatic nitrogens is 4. The van der Waals surface area contributed by atoms with Crippen molar-refractivity contribution in [2.75, 3.05) is 5.32 Å². The molecule has 0 bridgehead atoms. The Hall–Kier alpha value is -1.83. The van der Waals surface area contributed by atoms with Gasteiger partial charge in [-0.1, -0.05) is 35.3 Å². The fourth-order valence-corrected chi connectivity index (χ4v) is 2.83. The summed E-state index contributed by atoms with van der Waals surface area (Å²) in [5, 5.41) is 12.2. The molecule has 25 heavy (non-hydrogen) atoms. The standard InChI is InChI=1S/C16H14BrCl2N5O/c1-10(24-8-12(17)6-20-24)16(25)21-15-14(19)9-23(22-15)7-11-2-4-13(18)5-3-11/h2-6,8-10H,7H2,1H3,(H,21,22,25). The lowest BCUT2D eigenvalue weighted by molar-refractivity contribution is -0.119. The number of hydrogen-bond acceptors (Lipinski definition) is 3. The van der Waals surface area contributed by atoms with E-state index in [1.54, 1.807) is 34.9 Å². The molecule has 3 aromatic rings. The Labute approximate surface area is 162 Å². The van der Waals surface area contributed by atoms with Crippen molar-refractivity contribution in [3.8, 4) is 0 Å². The van der Waals surface area contributed by atoms with E-state index in [1.807, 2.05) is 24.3 Å². The van der Waals surface area contributed by atoms with Gasteiger partial charge in [0.1, 0.15) is 11.1 Å². The first kappa shape index (κ1) is 18.0. The van der Waals surface area contributed by atoms with Crippen molar-refractivity contribution in [3.05, 3.63) is 62.9 Å². The number of amides is 1. The minimum absolute atomic E-state index is 0.255. The molecule has 0 aliphatic heterocycles. The molecule has 0 aliphatic carbocycles. The highest BCUT2D eigenvalue weighted by molar-refractivity contribution is 9.10. The SMILES string of the molecule is CC(C(=O)Nc1nn(Cc2ccc(Cl)cc2)cc1Cl)n1cc(Br)cn1. The Morgan fingerprint density at radius 2 is 2.00 bits per heavy atom. The molecule has 9 heteroatoms. The summed E-state index contributed by atoms with van der Waals surface area (Å²) in [6.45, 7) is 2.27. The van der Waals surface area contributed by atoms with Crippen LogP contribution in [0.1, 0.15) is 18.5 Å². The van der Waals surface area contributed by atoms with Crippen molar-refractivity contribution in [3.63, 3.8) is 0 Å². The van der Waals surface area contributed by atoms with Gasteiger partial charge >= 0.3 is 0 Å². The molecular formula is C16H14BrCl2N5O. The van der Waals surface area contributed by atoms with E-state index in [1.165, 1.54) is 0 Å². The molecular weight excluding hydrogens is 429 g/mol. The number of benzene rings is 1. The van der Waals surface area contributed by atoms with Crippen LogP contribution in [0.5, 0.6) is 0 Å². The molecule has 0 spiro atoms. The number of hydrogen-bond donors (Lipinski definition) is 1. The molecule has 1 aromatic carbocycles. The van der Waals surface area contributed by atoms with Crippen LogP contribution in [0.15, 0.2) is 47.3 Å². The fraction of sp³-hybridized carbons (Fsp3) is 0.188. The molecule has 0 radical (unpaired) electrons. The normalized spacial score (nSPS) is 12.2. The van der Waals surface area contributed by atoms with Crippen molar-refractivity contribution in [1.29, 1.82) is 0 Å². The Kier molecular flexibility index (Phi) is 5.46. The van der Waals surface area contributed by atoms with Gasteiger partial charge in [0.15, 0.2) is 5.82 Å². The van der Waals surface area contributed by atoms with Crippen LogP contribution in [0.2, 0.25) is 10.0 Å². The van der Waals surface area contributed by atoms with Gasteiger partial charge in [-0.2, -0.15) is 10.2 Å². The highest BCUT2D eigenvalue weighted by atomic mass is 79.9. The maximum absolute atomic E-state index is 12.4. The first-order valence-electron chi connectivity index (χ1n) is 7.40. The second-order valence-corrected chi connectivity index (χ2v) is 7.21. The van der Waals surface area contributed by atoms with Crippen LogP contribution < -0.4 is 5.32 Å². The number of nitrogens with one attached hydrogen (secondary N) is 1. The van der Waals surface area contributed by atoms with Gasteiger partial charge in [0.25, 0.3) is 0 Å². The first-order valence-corrected chi connectivity index (χ1v) is 8.95. The van der Waals surface area contributed by atoms with Crippen LogP contribution in [0.25, 0.3) is 0 Å². The third kappa shape index (κ3) is 4.42. The molecule has 0 fully saturated rings. The summed E-state index contributed by atoms with van der Waals surface area (Å²) < 4.78 is 4.02. The van der Waals surface area contributed by atoms with Gasteiger partial charge in [-0.25, -0.2) is 0 Å². The largest absolute Gasteiger partial charge is 0.306 e. The number of nitrogens with zero attached hydrogens (tertiary/aromatic N) is 4. The lowest BCUT2D eigenvalue weighted by atomic mass is 10.2. The molecule has 1 atom stereocenters. The second kappa shape index (κ2) is 7.59. The molecule has 130 valence electrons. The minimum Gasteiger partial charge on any atom is -0.306 e. The maximum atomic E-state index is 12.4. The van der Waals surface area contributed by atoms with E-state index < -0.39 is 6.04 Å². The smallest absolute Gasteiger partial charge is 0.250 e. The van der Waals surface area contributed by atoms with Gasteiger partial charge in [-0.15, -0.1) is 0 Å². The van der Waals surface area contributed by atoms with E-state index in [2.05, 4.69) is 31.4 Å². The van der Waals surface area contributed by atoms with Crippen LogP contribution in [-0.4, -0.2) is 25.5 Å². The predicted molar refractivity (Wildman–Crippen MR) is 101 cm³/mol. The van der Waals surface area contributed by atoms with Gasteiger partial charge in [-0.05, 0) is 40.5 Å². The third-order valence-electron chi connectivity index (χ3n) is 3.56. The molecule has 1 N–H and O–H groups in total. The highest BCUT2D eigenvalue weighted by Crippen LogP contribution is 2.22. The van der Waals surface area contributed by atoms with Crippen molar-refractivity contribution in [2.45, 2.75) is 19.5 Å². The quantitative estimate of drug-likeness (QED) is 0.636. The van der Waals surface area contributed by atoms with E-state index in [9.17, 15) is 4.79 Å². The Morgan fingerprint density at radius 3 is 2.64 bits per heavy atom. The van der Waals surface area contributed by atoms with Gasteiger partial charge in [0, 0.05) is 17.4 Å². The van der Waals surface area contributed by atoms with Crippen LogP contribution in [0, 0.1) is 0 Å². The van der Waals surface area contributed by atoms with Gasteiger partial charge in [0.05, 0.1) is 17.2 Å². The van der Waals surface area contributed by atoms with E-state index in [0.29, 0.717) is 22.4 Å². The summed E-state index contributed by atoms with van der Waals surface area (Å²) in [5.41, 5.74) is 1.02. The summed E-state index contributed by atoms with van der Waals surface area (Å²) in [6.07, 6.45) is 5.02. The Morgan fingerprint density at radius 1 is 1.28 bits per heavy atom. The lowest BCUT2D eigenvalue weighted by Gasteiger charge is -2.11. The lowest BCUT2D eigenvalue weighted by Crippen LogP contribution is -2.24. The molecule has 0 saturated heterocycles. The Bertz CT molecular complexity index is 890. The number of halogens is 3. The van der Waals surface area contributed by atoms with Gasteiger partial charge in [0.2, 0.25) is 5.91 Å². The number of carbonyl (C=O) groups is 1. The zero-order valence-electron chi connectivity index (χ0n) is 13.2. The van der Waals surface area contributed by atoms with Crippen molar-refractivity contribution in [1.82, 2.24) is 19.6 Å². The summed E-state index contributed by atoms with van der Waals surface area (Å²) in [6, 6.07) is 6.95. The van der Waals surface area contributed by atoms with Gasteiger partial charge < -0.3 is 5.32 Å². The monoisotopic (exact) mass is 441 g/mol. The van der Waals surface area contributed by atoms with Crippen LogP contribution in [0.4, 0.5) is 5.82 Å². The van der Waals surface area contributed by atoms with Crippen molar-refractivity contribution < 1.29 is 4.79 Å². The van der Waals surface area contributed by atoms with Gasteiger partial charge in [-0.3, -0.25) is 14.2 Å². The molecule has 0 saturated carbocycles. The van der Waals surface area contributed by atoms with Crippen molar-refractivity contribution in [2.24, 2.45) is 0 Å². The number of anilines is 1. The van der Waals surface area contributed by atoms with E-state index in [-0.39, 0.29) is 5.91 Å². The Balaban J connectivity index is 1.69.